The van der Waals surface area contributed by atoms with Crippen molar-refractivity contribution < 1.29 is 5.11 Å². The first kappa shape index (κ1) is 15.0. The Hall–Kier alpha value is -0.0400. The van der Waals surface area contributed by atoms with Crippen molar-refractivity contribution in [2.75, 3.05) is 0 Å². The van der Waals surface area contributed by atoms with Crippen molar-refractivity contribution >= 4 is 0 Å². The van der Waals surface area contributed by atoms with Crippen LogP contribution in [0.2, 0.25) is 0 Å². The SMILES string of the molecule is CCC(C)(CC)C(C)(O)CCC(C)(C)C. The zero-order valence-electron chi connectivity index (χ0n) is 11.8. The lowest BCUT2D eigenvalue weighted by Gasteiger charge is -2.43. The van der Waals surface area contributed by atoms with Gasteiger partial charge in [-0.15, -0.1) is 0 Å². The minimum absolute atomic E-state index is 0.0538. The highest BCUT2D eigenvalue weighted by atomic mass is 16.3. The summed E-state index contributed by atoms with van der Waals surface area (Å²) < 4.78 is 0. The van der Waals surface area contributed by atoms with Crippen molar-refractivity contribution in [3.8, 4) is 0 Å². The van der Waals surface area contributed by atoms with Crippen LogP contribution in [-0.2, 0) is 0 Å². The van der Waals surface area contributed by atoms with E-state index in [0.717, 1.165) is 25.7 Å². The van der Waals surface area contributed by atoms with Crippen LogP contribution in [0.5, 0.6) is 0 Å². The third kappa shape index (κ3) is 4.14. The van der Waals surface area contributed by atoms with Gasteiger partial charge in [0.05, 0.1) is 5.60 Å². The molecule has 0 aromatic heterocycles. The molecule has 0 aromatic carbocycles. The van der Waals surface area contributed by atoms with Gasteiger partial charge in [0.1, 0.15) is 0 Å². The zero-order valence-corrected chi connectivity index (χ0v) is 11.8. The van der Waals surface area contributed by atoms with E-state index in [1.807, 2.05) is 6.92 Å². The molecule has 0 bridgehead atoms. The van der Waals surface area contributed by atoms with Crippen molar-refractivity contribution in [2.45, 2.75) is 79.8 Å². The van der Waals surface area contributed by atoms with Crippen LogP contribution in [0.3, 0.4) is 0 Å². The van der Waals surface area contributed by atoms with Gasteiger partial charge in [-0.1, -0.05) is 41.5 Å². The Balaban J connectivity index is 4.53. The predicted octanol–water partition coefficient (Wildman–Crippen LogP) is 4.39. The van der Waals surface area contributed by atoms with Gasteiger partial charge in [0.2, 0.25) is 0 Å². The van der Waals surface area contributed by atoms with Gasteiger partial charge in [0, 0.05) is 0 Å². The van der Waals surface area contributed by atoms with E-state index in [-0.39, 0.29) is 5.41 Å². The summed E-state index contributed by atoms with van der Waals surface area (Å²) in [5.74, 6) is 0. The monoisotopic (exact) mass is 214 g/mol. The van der Waals surface area contributed by atoms with Crippen molar-refractivity contribution in [1.82, 2.24) is 0 Å². The molecule has 15 heavy (non-hydrogen) atoms. The molecule has 1 unspecified atom stereocenters. The van der Waals surface area contributed by atoms with E-state index < -0.39 is 5.60 Å². The van der Waals surface area contributed by atoms with Gasteiger partial charge in [0.15, 0.2) is 0 Å². The number of hydrogen-bond donors (Lipinski definition) is 1. The third-order valence-corrected chi connectivity index (χ3v) is 4.22. The molecule has 0 amide bonds. The van der Waals surface area contributed by atoms with Crippen LogP contribution in [0.25, 0.3) is 0 Å². The Kier molecular flexibility index (Phi) is 4.85. The standard InChI is InChI=1S/C14H30O/c1-8-13(6,9-2)14(7,15)11-10-12(3,4)5/h15H,8-11H2,1-7H3. The molecule has 0 aliphatic rings. The highest BCUT2D eigenvalue weighted by molar-refractivity contribution is 4.91. The first-order valence-electron chi connectivity index (χ1n) is 6.30. The van der Waals surface area contributed by atoms with Crippen LogP contribution in [-0.4, -0.2) is 10.7 Å². The highest BCUT2D eigenvalue weighted by Gasteiger charge is 2.40. The number of rotatable bonds is 5. The molecule has 92 valence electrons. The Morgan fingerprint density at radius 3 is 1.47 bits per heavy atom. The summed E-state index contributed by atoms with van der Waals surface area (Å²) >= 11 is 0. The molecule has 0 spiro atoms. The minimum atomic E-state index is -0.538. The highest BCUT2D eigenvalue weighted by Crippen LogP contribution is 2.42. The lowest BCUT2D eigenvalue weighted by molar-refractivity contribution is -0.0776. The molecule has 1 N–H and O–H groups in total. The Morgan fingerprint density at radius 2 is 1.20 bits per heavy atom. The quantitative estimate of drug-likeness (QED) is 0.719. The van der Waals surface area contributed by atoms with Crippen LogP contribution >= 0.6 is 0 Å². The van der Waals surface area contributed by atoms with E-state index in [1.54, 1.807) is 0 Å². The fourth-order valence-electron chi connectivity index (χ4n) is 1.93. The van der Waals surface area contributed by atoms with E-state index in [2.05, 4.69) is 41.5 Å². The van der Waals surface area contributed by atoms with Crippen molar-refractivity contribution in [1.29, 1.82) is 0 Å². The zero-order chi connectivity index (χ0) is 12.3. The lowest BCUT2D eigenvalue weighted by Crippen LogP contribution is -2.43. The van der Waals surface area contributed by atoms with Crippen LogP contribution < -0.4 is 0 Å². The van der Waals surface area contributed by atoms with Gasteiger partial charge in [-0.3, -0.25) is 0 Å². The van der Waals surface area contributed by atoms with Gasteiger partial charge in [0.25, 0.3) is 0 Å². The maximum Gasteiger partial charge on any atom is 0.0673 e. The molecule has 1 nitrogen and oxygen atoms in total. The van der Waals surface area contributed by atoms with Gasteiger partial charge < -0.3 is 5.11 Å². The third-order valence-electron chi connectivity index (χ3n) is 4.22. The summed E-state index contributed by atoms with van der Waals surface area (Å²) in [5.41, 5.74) is -0.172. The molecule has 0 aromatic rings. The van der Waals surface area contributed by atoms with Crippen LogP contribution in [0.4, 0.5) is 0 Å². The summed E-state index contributed by atoms with van der Waals surface area (Å²) in [6, 6.07) is 0. The van der Waals surface area contributed by atoms with Crippen molar-refractivity contribution in [2.24, 2.45) is 10.8 Å². The maximum absolute atomic E-state index is 10.6. The number of hydrogen-bond acceptors (Lipinski definition) is 1. The topological polar surface area (TPSA) is 20.2 Å². The summed E-state index contributed by atoms with van der Waals surface area (Å²) in [7, 11) is 0. The van der Waals surface area contributed by atoms with E-state index >= 15 is 0 Å². The second-order valence-electron chi connectivity index (χ2n) is 6.60. The van der Waals surface area contributed by atoms with Gasteiger partial charge in [-0.25, -0.2) is 0 Å². The average molecular weight is 214 g/mol. The largest absolute Gasteiger partial charge is 0.390 e. The normalized spacial score (nSPS) is 17.6. The van der Waals surface area contributed by atoms with Crippen molar-refractivity contribution in [3.63, 3.8) is 0 Å². The first-order valence-corrected chi connectivity index (χ1v) is 6.30. The molecular formula is C14H30O. The maximum atomic E-state index is 10.6. The van der Waals surface area contributed by atoms with E-state index in [4.69, 9.17) is 0 Å². The van der Waals surface area contributed by atoms with Crippen LogP contribution in [0, 0.1) is 10.8 Å². The fraction of sp³-hybridized carbons (Fsp3) is 1.00. The molecule has 0 aliphatic heterocycles. The average Bonchev–Trinajstić information content (AvgIpc) is 2.12. The fourth-order valence-corrected chi connectivity index (χ4v) is 1.93. The molecule has 0 saturated carbocycles. The molecule has 0 saturated heterocycles. The van der Waals surface area contributed by atoms with E-state index in [0.29, 0.717) is 5.41 Å². The smallest absolute Gasteiger partial charge is 0.0673 e. The molecule has 0 aliphatic carbocycles. The molecule has 0 heterocycles. The lowest BCUT2D eigenvalue weighted by atomic mass is 9.67. The molecule has 1 atom stereocenters. The summed E-state index contributed by atoms with van der Waals surface area (Å²) in [6.45, 7) is 15.3. The van der Waals surface area contributed by atoms with E-state index in [1.165, 1.54) is 0 Å². The van der Waals surface area contributed by atoms with Gasteiger partial charge >= 0.3 is 0 Å². The van der Waals surface area contributed by atoms with Gasteiger partial charge in [-0.2, -0.15) is 0 Å². The van der Waals surface area contributed by atoms with E-state index in [9.17, 15) is 5.11 Å². The summed E-state index contributed by atoms with van der Waals surface area (Å²) in [4.78, 5) is 0. The molecular weight excluding hydrogens is 184 g/mol. The Labute approximate surface area is 96.3 Å². The predicted molar refractivity (Wildman–Crippen MR) is 68.0 cm³/mol. The second-order valence-corrected chi connectivity index (χ2v) is 6.60. The Bertz CT molecular complexity index is 182. The first-order chi connectivity index (χ1) is 6.58. The molecule has 0 rings (SSSR count). The second kappa shape index (κ2) is 4.86. The molecule has 0 radical (unpaired) electrons. The summed E-state index contributed by atoms with van der Waals surface area (Å²) in [6.07, 6.45) is 4.06. The molecule has 0 fully saturated rings. The van der Waals surface area contributed by atoms with Crippen molar-refractivity contribution in [3.05, 3.63) is 0 Å². The van der Waals surface area contributed by atoms with Crippen LogP contribution in [0.1, 0.15) is 74.1 Å². The Morgan fingerprint density at radius 1 is 0.800 bits per heavy atom. The molecule has 1 heteroatoms. The summed E-state index contributed by atoms with van der Waals surface area (Å²) in [5, 5.41) is 10.6. The number of aliphatic hydroxyl groups is 1. The minimum Gasteiger partial charge on any atom is -0.390 e. The van der Waals surface area contributed by atoms with Gasteiger partial charge in [-0.05, 0) is 43.4 Å². The van der Waals surface area contributed by atoms with Crippen LogP contribution in [0.15, 0.2) is 0 Å².